The van der Waals surface area contributed by atoms with E-state index in [1.165, 1.54) is 12.1 Å². The predicted octanol–water partition coefficient (Wildman–Crippen LogP) is 2.00. The van der Waals surface area contributed by atoms with Crippen molar-refractivity contribution in [1.29, 1.82) is 0 Å². The third-order valence-electron chi connectivity index (χ3n) is 0.603. The molecule has 1 aromatic carbocycles. The van der Waals surface area contributed by atoms with Gasteiger partial charge in [-0.25, -0.2) is 0 Å². The average Bonchev–Trinajstić information content (AvgIpc) is 1.98. The van der Waals surface area contributed by atoms with Crippen molar-refractivity contribution >= 4 is 0 Å². The quantitative estimate of drug-likeness (QED) is 0.465. The molecule has 0 spiro atoms. The first-order chi connectivity index (χ1) is 5.84. The summed E-state index contributed by atoms with van der Waals surface area (Å²) in [4.78, 5) is 0. The minimum atomic E-state index is -2.37. The van der Waals surface area contributed by atoms with E-state index in [4.69, 9.17) is 8.22 Å². The zero-order valence-electron chi connectivity index (χ0n) is 9.65. The Morgan fingerprint density at radius 2 is 2.71 bits per heavy atom. The molecule has 7 heavy (non-hydrogen) atoms. The maximum Gasteiger partial charge on any atom is 0.0625 e. The Labute approximate surface area is 52.2 Å². The summed E-state index contributed by atoms with van der Waals surface area (Å²) in [5.74, 6) is 0. The van der Waals surface area contributed by atoms with Gasteiger partial charge in [-0.2, -0.15) is 0 Å². The van der Waals surface area contributed by atoms with Crippen LogP contribution in [0.3, 0.4) is 0 Å². The number of hydrogen-bond donors (Lipinski definition) is 0. The summed E-state index contributed by atoms with van der Waals surface area (Å²) in [5, 5.41) is 0. The van der Waals surface area contributed by atoms with Gasteiger partial charge >= 0.3 is 0 Å². The Hall–Kier alpha value is -0.780. The first-order valence-corrected chi connectivity index (χ1v) is 1.91. The predicted molar refractivity (Wildman–Crippen MR) is 31.2 cm³/mol. The van der Waals surface area contributed by atoms with Crippen molar-refractivity contribution in [3.63, 3.8) is 0 Å². The van der Waals surface area contributed by atoms with Gasteiger partial charge in [0.05, 0.1) is 4.11 Å². The van der Waals surface area contributed by atoms with Crippen molar-refractivity contribution in [3.8, 4) is 0 Å². The lowest BCUT2D eigenvalue weighted by atomic mass is 10.2. The SMILES string of the molecule is [2H]c1ccc(C([2H])([2H])[2H])c([2H])c1[2H]. The van der Waals surface area contributed by atoms with E-state index < -0.39 is 6.85 Å². The molecule has 0 saturated carbocycles. The summed E-state index contributed by atoms with van der Waals surface area (Å²) in [6.07, 6.45) is 0. The molecule has 0 heteroatoms. The molecule has 36 valence electrons. The average molecular weight is 98.2 g/mol. The zero-order valence-corrected chi connectivity index (χ0v) is 3.65. The number of hydrogen-bond acceptors (Lipinski definition) is 0. The lowest BCUT2D eigenvalue weighted by molar-refractivity contribution is 1.48. The minimum absolute atomic E-state index is 0.127. The van der Waals surface area contributed by atoms with E-state index in [1.54, 1.807) is 0 Å². The topological polar surface area (TPSA) is 0 Å². The second kappa shape index (κ2) is 1.78. The van der Waals surface area contributed by atoms with Crippen LogP contribution in [0, 0.1) is 6.85 Å². The van der Waals surface area contributed by atoms with Gasteiger partial charge in [-0.05, 0) is 6.85 Å². The molecule has 0 aliphatic carbocycles. The van der Waals surface area contributed by atoms with Gasteiger partial charge in [0.2, 0.25) is 0 Å². The molecule has 0 N–H and O–H groups in total. The molecule has 1 rings (SSSR count). The smallest absolute Gasteiger partial charge is 0.0622 e. The highest BCUT2D eigenvalue weighted by Gasteiger charge is 1.72. The highest BCUT2D eigenvalue weighted by atomic mass is 13.8. The monoisotopic (exact) mass is 98.1 g/mol. The lowest BCUT2D eigenvalue weighted by Crippen LogP contribution is -1.62. The lowest BCUT2D eigenvalue weighted by Gasteiger charge is -1.82. The summed E-state index contributed by atoms with van der Waals surface area (Å²) >= 11 is 0. The highest BCUT2D eigenvalue weighted by molar-refractivity contribution is 5.11. The van der Waals surface area contributed by atoms with Crippen molar-refractivity contribution in [1.82, 2.24) is 0 Å². The van der Waals surface area contributed by atoms with E-state index in [9.17, 15) is 0 Å². The largest absolute Gasteiger partial charge is 0.0625 e. The van der Waals surface area contributed by atoms with Gasteiger partial charge in [-0.3, -0.25) is 0 Å². The normalized spacial score (nSPS) is 22.9. The van der Waals surface area contributed by atoms with Crippen LogP contribution < -0.4 is 0 Å². The second-order valence-corrected chi connectivity index (χ2v) is 1.14. The molecule has 0 aromatic heterocycles. The molecular formula is C7H8. The number of benzene rings is 1. The van der Waals surface area contributed by atoms with Gasteiger partial charge in [0, 0.05) is 4.11 Å². The molecule has 0 aliphatic rings. The Kier molecular flexibility index (Phi) is 0.289. The van der Waals surface area contributed by atoms with Gasteiger partial charge < -0.3 is 0 Å². The van der Waals surface area contributed by atoms with Crippen LogP contribution in [0.4, 0.5) is 0 Å². The molecule has 0 amide bonds. The summed E-state index contributed by atoms with van der Waals surface area (Å²) in [7, 11) is 0. The van der Waals surface area contributed by atoms with Crippen molar-refractivity contribution in [3.05, 3.63) is 35.8 Å². The van der Waals surface area contributed by atoms with Crippen LogP contribution in [0.1, 0.15) is 13.8 Å². The third-order valence-corrected chi connectivity index (χ3v) is 0.603. The van der Waals surface area contributed by atoms with E-state index in [0.29, 0.717) is 0 Å². The third kappa shape index (κ3) is 1.04. The summed E-state index contributed by atoms with van der Waals surface area (Å²) in [6, 6.07) is 1.58. The van der Waals surface area contributed by atoms with E-state index in [1.807, 2.05) is 0 Å². The maximum absolute atomic E-state index is 7.32. The summed E-state index contributed by atoms with van der Waals surface area (Å²) in [5.41, 5.74) is -0.173. The van der Waals surface area contributed by atoms with E-state index in [-0.39, 0.29) is 23.7 Å². The number of aryl methyl sites for hydroxylation is 1. The fourth-order valence-electron chi connectivity index (χ4n) is 0.312. The fraction of sp³-hybridized carbons (Fsp3) is 0.143. The summed E-state index contributed by atoms with van der Waals surface area (Å²) in [6.45, 7) is -2.37. The van der Waals surface area contributed by atoms with Crippen molar-refractivity contribution in [2.75, 3.05) is 0 Å². The Balaban J connectivity index is 3.35. The van der Waals surface area contributed by atoms with Crippen molar-refractivity contribution < 1.29 is 8.22 Å². The van der Waals surface area contributed by atoms with Crippen molar-refractivity contribution in [2.45, 2.75) is 6.85 Å². The summed E-state index contributed by atoms with van der Waals surface area (Å²) < 4.78 is 42.9. The number of rotatable bonds is 0. The molecule has 1 aromatic rings. The van der Waals surface area contributed by atoms with Gasteiger partial charge in [0.1, 0.15) is 0 Å². The first-order valence-electron chi connectivity index (χ1n) is 4.91. The minimum Gasteiger partial charge on any atom is -0.0622 e. The molecular weight excluding hydrogens is 84.1 g/mol. The fourth-order valence-corrected chi connectivity index (χ4v) is 0.312. The van der Waals surface area contributed by atoms with Crippen molar-refractivity contribution in [2.24, 2.45) is 0 Å². The molecule has 0 heterocycles. The van der Waals surface area contributed by atoms with Crippen LogP contribution in [0.2, 0.25) is 0 Å². The van der Waals surface area contributed by atoms with E-state index >= 15 is 0 Å². The van der Waals surface area contributed by atoms with E-state index in [2.05, 4.69) is 0 Å². The molecule has 0 unspecified atom stereocenters. The van der Waals surface area contributed by atoms with Crippen LogP contribution in [0.5, 0.6) is 0 Å². The van der Waals surface area contributed by atoms with Crippen LogP contribution in [0.25, 0.3) is 0 Å². The van der Waals surface area contributed by atoms with Crippen LogP contribution in [0.15, 0.2) is 30.3 Å². The molecule has 0 nitrogen and oxygen atoms in total. The van der Waals surface area contributed by atoms with Gasteiger partial charge in [0.25, 0.3) is 0 Å². The van der Waals surface area contributed by atoms with Gasteiger partial charge in [-0.1, -0.05) is 35.8 Å². The molecule has 0 saturated heterocycles. The standard InChI is InChI=1S/C7H8/c1-7-5-3-2-4-6-7/h2-6H,1H3/i1D3,2D,3D,5D. The Morgan fingerprint density at radius 3 is 3.57 bits per heavy atom. The second-order valence-electron chi connectivity index (χ2n) is 1.14. The molecule has 0 bridgehead atoms. The zero-order chi connectivity index (χ0) is 10.2. The van der Waals surface area contributed by atoms with Gasteiger partial charge in [0.15, 0.2) is 0 Å². The van der Waals surface area contributed by atoms with Crippen LogP contribution >= 0.6 is 0 Å². The molecule has 0 fully saturated rings. The van der Waals surface area contributed by atoms with Crippen LogP contribution in [-0.2, 0) is 0 Å². The maximum atomic E-state index is 7.32. The Morgan fingerprint density at radius 1 is 1.71 bits per heavy atom. The Bertz CT molecular complexity index is 326. The van der Waals surface area contributed by atoms with Gasteiger partial charge in [-0.15, -0.1) is 0 Å². The van der Waals surface area contributed by atoms with Crippen LogP contribution in [-0.4, -0.2) is 0 Å². The molecule has 0 atom stereocenters. The molecule has 0 radical (unpaired) electrons. The molecule has 0 aliphatic heterocycles. The van der Waals surface area contributed by atoms with E-state index in [0.717, 1.165) is 0 Å². The highest BCUT2D eigenvalue weighted by Crippen LogP contribution is 1.92. The first kappa shape index (κ1) is 1.13.